The summed E-state index contributed by atoms with van der Waals surface area (Å²) >= 11 is 4.68. The Morgan fingerprint density at radius 2 is 2.29 bits per heavy atom. The maximum atomic E-state index is 13.7. The molecule has 2 rings (SSSR count). The van der Waals surface area contributed by atoms with Crippen molar-refractivity contribution in [3.8, 4) is 5.06 Å². The first-order valence-electron chi connectivity index (χ1n) is 4.07. The number of thiophene rings is 1. The van der Waals surface area contributed by atoms with Gasteiger partial charge in [-0.25, -0.2) is 4.39 Å². The first kappa shape index (κ1) is 9.93. The van der Waals surface area contributed by atoms with Crippen LogP contribution in [0, 0.1) is 5.82 Å². The van der Waals surface area contributed by atoms with Crippen molar-refractivity contribution in [2.75, 3.05) is 7.11 Å². The molecule has 0 saturated carbocycles. The van der Waals surface area contributed by atoms with Gasteiger partial charge in [-0.05, 0) is 11.6 Å². The molecule has 0 aliphatic carbocycles. The van der Waals surface area contributed by atoms with Crippen molar-refractivity contribution >= 4 is 37.4 Å². The molecule has 0 aliphatic heterocycles. The maximum Gasteiger partial charge on any atom is 0.211 e. The van der Waals surface area contributed by atoms with E-state index in [1.807, 2.05) is 18.2 Å². The second-order valence-electron chi connectivity index (χ2n) is 2.83. The Hall–Kier alpha value is -0.610. The summed E-state index contributed by atoms with van der Waals surface area (Å²) in [6.45, 7) is 0. The van der Waals surface area contributed by atoms with Crippen LogP contribution in [0.3, 0.4) is 0 Å². The lowest BCUT2D eigenvalue weighted by molar-refractivity contribution is 0.402. The summed E-state index contributed by atoms with van der Waals surface area (Å²) in [7, 11) is 1.49. The molecule has 0 radical (unpaired) electrons. The summed E-state index contributed by atoms with van der Waals surface area (Å²) in [4.78, 5) is 0. The number of hydrogen-bond donors (Lipinski definition) is 0. The number of alkyl halides is 1. The molecule has 2 aromatic rings. The Morgan fingerprint density at radius 1 is 1.50 bits per heavy atom. The highest BCUT2D eigenvalue weighted by molar-refractivity contribution is 9.08. The Balaban J connectivity index is 2.79. The fraction of sp³-hybridized carbons (Fsp3) is 0.200. The lowest BCUT2D eigenvalue weighted by atomic mass is 10.1. The van der Waals surface area contributed by atoms with E-state index in [0.717, 1.165) is 10.3 Å². The predicted octanol–water partition coefficient (Wildman–Crippen LogP) is 3.94. The van der Waals surface area contributed by atoms with E-state index in [9.17, 15) is 4.39 Å². The first-order chi connectivity index (χ1) is 6.77. The second kappa shape index (κ2) is 3.87. The minimum atomic E-state index is -0.248. The molecular weight excluding hydrogens is 267 g/mol. The molecule has 1 nitrogen and oxygen atoms in total. The molecule has 0 bridgehead atoms. The van der Waals surface area contributed by atoms with Crippen molar-refractivity contribution in [1.82, 2.24) is 0 Å². The van der Waals surface area contributed by atoms with Gasteiger partial charge in [-0.3, -0.25) is 0 Å². The molecule has 1 heterocycles. The highest BCUT2D eigenvalue weighted by atomic mass is 79.9. The van der Waals surface area contributed by atoms with Gasteiger partial charge in [-0.1, -0.05) is 39.4 Å². The Kier molecular flexibility index (Phi) is 2.74. The van der Waals surface area contributed by atoms with Gasteiger partial charge in [0.2, 0.25) is 5.06 Å². The van der Waals surface area contributed by atoms with Crippen LogP contribution in [-0.4, -0.2) is 7.11 Å². The zero-order valence-electron chi connectivity index (χ0n) is 7.51. The summed E-state index contributed by atoms with van der Waals surface area (Å²) < 4.78 is 19.6. The third kappa shape index (κ3) is 1.42. The Bertz CT molecular complexity index is 466. The van der Waals surface area contributed by atoms with Crippen molar-refractivity contribution in [2.45, 2.75) is 5.33 Å². The van der Waals surface area contributed by atoms with Gasteiger partial charge in [-0.2, -0.15) is 0 Å². The summed E-state index contributed by atoms with van der Waals surface area (Å²) in [5.74, 6) is -0.248. The third-order valence-electron chi connectivity index (χ3n) is 2.04. The Morgan fingerprint density at radius 3 is 2.93 bits per heavy atom. The van der Waals surface area contributed by atoms with E-state index in [4.69, 9.17) is 4.74 Å². The lowest BCUT2D eigenvalue weighted by Crippen LogP contribution is -1.83. The minimum absolute atomic E-state index is 0.248. The van der Waals surface area contributed by atoms with E-state index in [-0.39, 0.29) is 5.82 Å². The van der Waals surface area contributed by atoms with Gasteiger partial charge < -0.3 is 4.74 Å². The van der Waals surface area contributed by atoms with Gasteiger partial charge >= 0.3 is 0 Å². The number of halogens is 2. The van der Waals surface area contributed by atoms with Gasteiger partial charge in [0.15, 0.2) is 5.82 Å². The molecule has 4 heteroatoms. The predicted molar refractivity (Wildman–Crippen MR) is 61.0 cm³/mol. The van der Waals surface area contributed by atoms with Crippen LogP contribution in [-0.2, 0) is 5.33 Å². The van der Waals surface area contributed by atoms with Gasteiger partial charge in [0.05, 0.1) is 7.11 Å². The van der Waals surface area contributed by atoms with Crippen LogP contribution in [0.4, 0.5) is 4.39 Å². The SMILES string of the molecule is COc1sc2cccc(CBr)c2c1F. The second-order valence-corrected chi connectivity index (χ2v) is 4.41. The molecule has 0 aliphatic rings. The van der Waals surface area contributed by atoms with E-state index < -0.39 is 0 Å². The smallest absolute Gasteiger partial charge is 0.211 e. The van der Waals surface area contributed by atoms with Gasteiger partial charge in [0, 0.05) is 15.4 Å². The Labute approximate surface area is 93.6 Å². The van der Waals surface area contributed by atoms with Gasteiger partial charge in [0.1, 0.15) is 0 Å². The van der Waals surface area contributed by atoms with Gasteiger partial charge in [0.25, 0.3) is 0 Å². The highest BCUT2D eigenvalue weighted by Gasteiger charge is 2.14. The van der Waals surface area contributed by atoms with Crippen LogP contribution in [0.5, 0.6) is 5.06 Å². The van der Waals surface area contributed by atoms with E-state index in [1.54, 1.807) is 0 Å². The largest absolute Gasteiger partial charge is 0.485 e. The van der Waals surface area contributed by atoms with Crippen LogP contribution >= 0.6 is 27.3 Å². The van der Waals surface area contributed by atoms with E-state index >= 15 is 0 Å². The molecule has 14 heavy (non-hydrogen) atoms. The molecule has 0 N–H and O–H groups in total. The van der Waals surface area contributed by atoms with Crippen molar-refractivity contribution in [3.05, 3.63) is 29.6 Å². The van der Waals surface area contributed by atoms with Crippen LogP contribution in [0.2, 0.25) is 0 Å². The average Bonchev–Trinajstić information content (AvgIpc) is 2.55. The number of rotatable bonds is 2. The quantitative estimate of drug-likeness (QED) is 0.754. The molecule has 1 aromatic carbocycles. The molecule has 0 unspecified atom stereocenters. The molecule has 0 saturated heterocycles. The fourth-order valence-corrected chi connectivity index (χ4v) is 2.81. The number of benzene rings is 1. The zero-order chi connectivity index (χ0) is 10.1. The lowest BCUT2D eigenvalue weighted by Gasteiger charge is -1.97. The summed E-state index contributed by atoms with van der Waals surface area (Å²) in [5.41, 5.74) is 0.958. The average molecular weight is 275 g/mol. The van der Waals surface area contributed by atoms with Crippen LogP contribution < -0.4 is 4.74 Å². The highest BCUT2D eigenvalue weighted by Crippen LogP contribution is 2.38. The van der Waals surface area contributed by atoms with Crippen LogP contribution in [0.15, 0.2) is 18.2 Å². The van der Waals surface area contributed by atoms with Crippen LogP contribution in [0.25, 0.3) is 10.1 Å². The molecule has 0 atom stereocenters. The van der Waals surface area contributed by atoms with E-state index in [1.165, 1.54) is 18.4 Å². The standard InChI is InChI=1S/C10H8BrFOS/c1-13-10-9(12)8-6(5-11)3-2-4-7(8)14-10/h2-4H,5H2,1H3. The van der Waals surface area contributed by atoms with Crippen molar-refractivity contribution in [2.24, 2.45) is 0 Å². The number of hydrogen-bond acceptors (Lipinski definition) is 2. The molecule has 0 amide bonds. The molecule has 0 fully saturated rings. The third-order valence-corrected chi connectivity index (χ3v) is 3.74. The maximum absolute atomic E-state index is 13.7. The summed E-state index contributed by atoms with van der Waals surface area (Å²) in [6, 6.07) is 5.73. The molecule has 0 spiro atoms. The minimum Gasteiger partial charge on any atom is -0.485 e. The topological polar surface area (TPSA) is 9.23 Å². The van der Waals surface area contributed by atoms with E-state index in [2.05, 4.69) is 15.9 Å². The monoisotopic (exact) mass is 274 g/mol. The van der Waals surface area contributed by atoms with Crippen molar-refractivity contribution in [3.63, 3.8) is 0 Å². The number of ether oxygens (including phenoxy) is 1. The molecule has 74 valence electrons. The first-order valence-corrected chi connectivity index (χ1v) is 6.01. The number of methoxy groups -OCH3 is 1. The normalized spacial score (nSPS) is 10.8. The van der Waals surface area contributed by atoms with E-state index in [0.29, 0.717) is 15.8 Å². The number of fused-ring (bicyclic) bond motifs is 1. The fourth-order valence-electron chi connectivity index (χ4n) is 1.40. The summed E-state index contributed by atoms with van der Waals surface area (Å²) in [6.07, 6.45) is 0. The van der Waals surface area contributed by atoms with Crippen molar-refractivity contribution in [1.29, 1.82) is 0 Å². The summed E-state index contributed by atoms with van der Waals surface area (Å²) in [5, 5.41) is 1.68. The molecule has 1 aromatic heterocycles. The van der Waals surface area contributed by atoms with Gasteiger partial charge in [-0.15, -0.1) is 0 Å². The molecular formula is C10H8BrFOS. The van der Waals surface area contributed by atoms with Crippen LogP contribution in [0.1, 0.15) is 5.56 Å². The van der Waals surface area contributed by atoms with Crippen molar-refractivity contribution < 1.29 is 9.13 Å². The zero-order valence-corrected chi connectivity index (χ0v) is 9.91.